The number of nitrogens with one attached hydrogen (secondary N) is 2. The van der Waals surface area contributed by atoms with E-state index in [1.54, 1.807) is 23.9 Å². The number of likely N-dealkylation sites (tertiary alicyclic amines) is 1. The number of carboxylic acid groups (broad SMARTS) is 1. The molecule has 11 heteroatoms. The van der Waals surface area contributed by atoms with Gasteiger partial charge in [-0.25, -0.2) is 4.79 Å². The number of hydrogen-bond donors (Lipinski definition) is 5. The summed E-state index contributed by atoms with van der Waals surface area (Å²) < 4.78 is 0. The van der Waals surface area contributed by atoms with E-state index < -0.39 is 41.8 Å². The van der Waals surface area contributed by atoms with E-state index in [1.807, 2.05) is 6.26 Å². The van der Waals surface area contributed by atoms with Crippen molar-refractivity contribution in [3.63, 3.8) is 0 Å². The van der Waals surface area contributed by atoms with E-state index in [0.29, 0.717) is 31.4 Å². The second-order valence-corrected chi connectivity index (χ2v) is 8.61. The number of rotatable bonds is 11. The van der Waals surface area contributed by atoms with Gasteiger partial charge in [0, 0.05) is 13.0 Å². The summed E-state index contributed by atoms with van der Waals surface area (Å²) in [5.74, 6) is -1.81. The van der Waals surface area contributed by atoms with E-state index in [9.17, 15) is 29.4 Å². The molecular weight excluding hydrogens is 436 g/mol. The molecule has 0 aliphatic carbocycles. The molecular formula is C21H30N4O6S. The Morgan fingerprint density at radius 2 is 1.94 bits per heavy atom. The number of nitrogens with two attached hydrogens (primary N) is 1. The standard InChI is InChI=1S/C21H30N4O6S/c1-32-10-8-15(22)19(28)23-12-18(27)25-9-2-3-17(25)20(29)24-16(21(30)31)11-13-4-6-14(26)7-5-13/h4-7,15-17,26H,2-3,8-12,22H2,1H3,(H,23,28)(H,24,29)(H,30,31). The first-order chi connectivity index (χ1) is 15.2. The lowest BCUT2D eigenvalue weighted by Gasteiger charge is -2.26. The summed E-state index contributed by atoms with van der Waals surface area (Å²) in [6.45, 7) is 0.0759. The number of phenolic OH excluding ortho intramolecular Hbond substituents is 1. The zero-order chi connectivity index (χ0) is 23.7. The summed E-state index contributed by atoms with van der Waals surface area (Å²) in [5, 5.41) is 23.9. The second kappa shape index (κ2) is 12.3. The molecule has 32 heavy (non-hydrogen) atoms. The van der Waals surface area contributed by atoms with Crippen LogP contribution in [0.2, 0.25) is 0 Å². The van der Waals surface area contributed by atoms with Gasteiger partial charge in [-0.1, -0.05) is 12.1 Å². The highest BCUT2D eigenvalue weighted by molar-refractivity contribution is 7.98. The minimum atomic E-state index is -1.20. The minimum absolute atomic E-state index is 0.0337. The average molecular weight is 467 g/mol. The van der Waals surface area contributed by atoms with Crippen LogP contribution >= 0.6 is 11.8 Å². The summed E-state index contributed by atoms with van der Waals surface area (Å²) in [6.07, 6.45) is 3.44. The number of phenols is 1. The van der Waals surface area contributed by atoms with Gasteiger partial charge in [-0.2, -0.15) is 11.8 Å². The number of nitrogens with zero attached hydrogens (tertiary/aromatic N) is 1. The van der Waals surface area contributed by atoms with Crippen LogP contribution in [-0.4, -0.2) is 82.0 Å². The molecule has 1 aliphatic rings. The molecule has 3 atom stereocenters. The topological polar surface area (TPSA) is 162 Å². The number of thioether (sulfide) groups is 1. The number of hydrogen-bond acceptors (Lipinski definition) is 7. The van der Waals surface area contributed by atoms with E-state index in [2.05, 4.69) is 10.6 Å². The van der Waals surface area contributed by atoms with Gasteiger partial charge in [0.05, 0.1) is 12.6 Å². The van der Waals surface area contributed by atoms with Crippen molar-refractivity contribution in [1.29, 1.82) is 0 Å². The number of aliphatic carboxylic acids is 1. The molecule has 0 aromatic heterocycles. The molecule has 1 heterocycles. The third-order valence-electron chi connectivity index (χ3n) is 5.25. The maximum absolute atomic E-state index is 12.8. The average Bonchev–Trinajstić information content (AvgIpc) is 3.26. The van der Waals surface area contributed by atoms with Gasteiger partial charge >= 0.3 is 5.97 Å². The first kappa shape index (κ1) is 25.5. The molecule has 1 fully saturated rings. The quantitative estimate of drug-likeness (QED) is 0.297. The van der Waals surface area contributed by atoms with Gasteiger partial charge in [-0.3, -0.25) is 14.4 Å². The minimum Gasteiger partial charge on any atom is -0.508 e. The lowest BCUT2D eigenvalue weighted by Crippen LogP contribution is -2.53. The second-order valence-electron chi connectivity index (χ2n) is 7.62. The number of benzene rings is 1. The van der Waals surface area contributed by atoms with E-state index in [0.717, 1.165) is 5.75 Å². The van der Waals surface area contributed by atoms with Gasteiger partial charge in [-0.05, 0) is 49.0 Å². The van der Waals surface area contributed by atoms with Gasteiger partial charge in [0.1, 0.15) is 17.8 Å². The number of carbonyl (C=O) groups excluding carboxylic acids is 3. The van der Waals surface area contributed by atoms with Crippen LogP contribution in [0.1, 0.15) is 24.8 Å². The molecule has 1 aliphatic heterocycles. The predicted octanol–water partition coefficient (Wildman–Crippen LogP) is -0.308. The van der Waals surface area contributed by atoms with Crippen molar-refractivity contribution in [2.24, 2.45) is 5.73 Å². The first-order valence-electron chi connectivity index (χ1n) is 10.4. The van der Waals surface area contributed by atoms with E-state index >= 15 is 0 Å². The summed E-state index contributed by atoms with van der Waals surface area (Å²) in [4.78, 5) is 50.4. The Labute approximate surface area is 190 Å². The van der Waals surface area contributed by atoms with Crippen molar-refractivity contribution in [1.82, 2.24) is 15.5 Å². The Bertz CT molecular complexity index is 819. The van der Waals surface area contributed by atoms with Crippen LogP contribution in [0.3, 0.4) is 0 Å². The van der Waals surface area contributed by atoms with Gasteiger partial charge in [0.15, 0.2) is 0 Å². The lowest BCUT2D eigenvalue weighted by molar-refractivity contribution is -0.144. The smallest absolute Gasteiger partial charge is 0.326 e. The van der Waals surface area contributed by atoms with Crippen LogP contribution < -0.4 is 16.4 Å². The molecule has 0 saturated carbocycles. The van der Waals surface area contributed by atoms with Crippen molar-refractivity contribution >= 4 is 35.5 Å². The fraction of sp³-hybridized carbons (Fsp3) is 0.524. The highest BCUT2D eigenvalue weighted by Crippen LogP contribution is 2.18. The third kappa shape index (κ3) is 7.41. The van der Waals surface area contributed by atoms with Crippen molar-refractivity contribution < 1.29 is 29.4 Å². The largest absolute Gasteiger partial charge is 0.508 e. The lowest BCUT2D eigenvalue weighted by atomic mass is 10.0. The monoisotopic (exact) mass is 466 g/mol. The van der Waals surface area contributed by atoms with Crippen LogP contribution in [0.4, 0.5) is 0 Å². The molecule has 3 unspecified atom stereocenters. The number of carbonyl (C=O) groups is 4. The van der Waals surface area contributed by atoms with Gasteiger partial charge in [0.25, 0.3) is 0 Å². The fourth-order valence-corrected chi connectivity index (χ4v) is 3.93. The van der Waals surface area contributed by atoms with Crippen molar-refractivity contribution in [2.75, 3.05) is 25.1 Å². The summed E-state index contributed by atoms with van der Waals surface area (Å²) >= 11 is 1.57. The van der Waals surface area contributed by atoms with E-state index in [4.69, 9.17) is 5.73 Å². The molecule has 1 saturated heterocycles. The molecule has 0 bridgehead atoms. The molecule has 6 N–H and O–H groups in total. The molecule has 2 rings (SSSR count). The van der Waals surface area contributed by atoms with Crippen molar-refractivity contribution in [2.45, 2.75) is 43.8 Å². The molecule has 0 spiro atoms. The Morgan fingerprint density at radius 3 is 2.56 bits per heavy atom. The Kier molecular flexibility index (Phi) is 9.79. The van der Waals surface area contributed by atoms with E-state index in [1.165, 1.54) is 17.0 Å². The van der Waals surface area contributed by atoms with Crippen LogP contribution in [-0.2, 0) is 25.6 Å². The molecule has 10 nitrogen and oxygen atoms in total. The van der Waals surface area contributed by atoms with Crippen LogP contribution in [0, 0.1) is 0 Å². The number of amides is 3. The zero-order valence-electron chi connectivity index (χ0n) is 18.0. The molecule has 1 aromatic rings. The molecule has 3 amide bonds. The highest BCUT2D eigenvalue weighted by Gasteiger charge is 2.36. The number of aromatic hydroxyl groups is 1. The van der Waals surface area contributed by atoms with E-state index in [-0.39, 0.29) is 18.7 Å². The van der Waals surface area contributed by atoms with Gasteiger partial charge < -0.3 is 31.5 Å². The van der Waals surface area contributed by atoms with Gasteiger partial charge in [-0.15, -0.1) is 0 Å². The first-order valence-corrected chi connectivity index (χ1v) is 11.7. The van der Waals surface area contributed by atoms with Crippen molar-refractivity contribution in [3.05, 3.63) is 29.8 Å². The third-order valence-corrected chi connectivity index (χ3v) is 5.89. The molecule has 176 valence electrons. The van der Waals surface area contributed by atoms with Crippen LogP contribution in [0.5, 0.6) is 5.75 Å². The molecule has 0 radical (unpaired) electrons. The maximum atomic E-state index is 12.8. The summed E-state index contributed by atoms with van der Waals surface area (Å²) in [6, 6.07) is 3.35. The zero-order valence-corrected chi connectivity index (χ0v) is 18.8. The highest BCUT2D eigenvalue weighted by atomic mass is 32.2. The summed E-state index contributed by atoms with van der Waals surface area (Å²) in [5.41, 5.74) is 6.42. The normalized spacial score (nSPS) is 17.4. The molecule has 1 aromatic carbocycles. The van der Waals surface area contributed by atoms with Gasteiger partial charge in [0.2, 0.25) is 17.7 Å². The Balaban J connectivity index is 1.93. The predicted molar refractivity (Wildman–Crippen MR) is 120 cm³/mol. The Hall–Kier alpha value is -2.79. The van der Waals surface area contributed by atoms with Crippen LogP contribution in [0.25, 0.3) is 0 Å². The Morgan fingerprint density at radius 1 is 1.25 bits per heavy atom. The van der Waals surface area contributed by atoms with Crippen molar-refractivity contribution in [3.8, 4) is 5.75 Å². The fourth-order valence-electron chi connectivity index (χ4n) is 3.44. The SMILES string of the molecule is CSCCC(N)C(=O)NCC(=O)N1CCCC1C(=O)NC(Cc1ccc(O)cc1)C(=O)O. The summed E-state index contributed by atoms with van der Waals surface area (Å²) in [7, 11) is 0. The maximum Gasteiger partial charge on any atom is 0.326 e. The van der Waals surface area contributed by atoms with Crippen LogP contribution in [0.15, 0.2) is 24.3 Å². The number of carboxylic acids is 1.